The highest BCUT2D eigenvalue weighted by Gasteiger charge is 2.22. The standard InChI is InChI=1S/C15H32N2/c1-5-13(4)11-17(7-3)12-15-10-14(6-2)8-9-16-15/h13-16H,5-12H2,1-4H3. The predicted octanol–water partition coefficient (Wildman–Crippen LogP) is 3.13. The number of piperidine rings is 1. The number of rotatable bonds is 7. The second kappa shape index (κ2) is 8.10. The Balaban J connectivity index is 2.33. The Labute approximate surface area is 108 Å². The third-order valence-corrected chi connectivity index (χ3v) is 4.37. The average molecular weight is 240 g/mol. The molecule has 1 N–H and O–H groups in total. The molecule has 0 aromatic carbocycles. The van der Waals surface area contributed by atoms with Crippen LogP contribution in [0.3, 0.4) is 0 Å². The van der Waals surface area contributed by atoms with Crippen LogP contribution in [0.15, 0.2) is 0 Å². The summed E-state index contributed by atoms with van der Waals surface area (Å²) in [6.45, 7) is 14.2. The highest BCUT2D eigenvalue weighted by Crippen LogP contribution is 2.20. The van der Waals surface area contributed by atoms with E-state index >= 15 is 0 Å². The average Bonchev–Trinajstić information content (AvgIpc) is 2.37. The van der Waals surface area contributed by atoms with Crippen LogP contribution in [0.4, 0.5) is 0 Å². The number of hydrogen-bond donors (Lipinski definition) is 1. The second-order valence-electron chi connectivity index (χ2n) is 5.82. The topological polar surface area (TPSA) is 15.3 Å². The minimum atomic E-state index is 0.734. The summed E-state index contributed by atoms with van der Waals surface area (Å²) >= 11 is 0. The summed E-state index contributed by atoms with van der Waals surface area (Å²) in [5, 5.41) is 3.70. The Morgan fingerprint density at radius 2 is 2.06 bits per heavy atom. The van der Waals surface area contributed by atoms with Gasteiger partial charge in [-0.05, 0) is 37.8 Å². The Morgan fingerprint density at radius 1 is 1.29 bits per heavy atom. The quantitative estimate of drug-likeness (QED) is 0.735. The Bertz CT molecular complexity index is 191. The Kier molecular flexibility index (Phi) is 7.14. The van der Waals surface area contributed by atoms with Crippen molar-refractivity contribution >= 4 is 0 Å². The maximum absolute atomic E-state index is 3.70. The molecule has 0 amide bonds. The summed E-state index contributed by atoms with van der Waals surface area (Å²) in [6, 6.07) is 0.734. The highest BCUT2D eigenvalue weighted by atomic mass is 15.1. The molecular formula is C15H32N2. The summed E-state index contributed by atoms with van der Waals surface area (Å²) < 4.78 is 0. The van der Waals surface area contributed by atoms with Gasteiger partial charge in [-0.3, -0.25) is 0 Å². The van der Waals surface area contributed by atoms with Crippen molar-refractivity contribution in [3.8, 4) is 0 Å². The fourth-order valence-electron chi connectivity index (χ4n) is 2.82. The molecule has 1 aliphatic rings. The van der Waals surface area contributed by atoms with Gasteiger partial charge in [0.2, 0.25) is 0 Å². The first-order valence-corrected chi connectivity index (χ1v) is 7.65. The third-order valence-electron chi connectivity index (χ3n) is 4.37. The number of likely N-dealkylation sites (N-methyl/N-ethyl adjacent to an activating group) is 1. The molecule has 3 unspecified atom stereocenters. The highest BCUT2D eigenvalue weighted by molar-refractivity contribution is 4.80. The molecular weight excluding hydrogens is 208 g/mol. The maximum atomic E-state index is 3.70. The van der Waals surface area contributed by atoms with E-state index in [9.17, 15) is 0 Å². The van der Waals surface area contributed by atoms with Crippen LogP contribution in [0, 0.1) is 11.8 Å². The normalized spacial score (nSPS) is 27.4. The fourth-order valence-corrected chi connectivity index (χ4v) is 2.82. The minimum Gasteiger partial charge on any atom is -0.313 e. The minimum absolute atomic E-state index is 0.734. The van der Waals surface area contributed by atoms with Gasteiger partial charge in [0.1, 0.15) is 0 Å². The van der Waals surface area contributed by atoms with E-state index in [-0.39, 0.29) is 0 Å². The van der Waals surface area contributed by atoms with Crippen LogP contribution in [-0.4, -0.2) is 37.1 Å². The SMILES string of the molecule is CCC(C)CN(CC)CC1CC(CC)CCN1. The van der Waals surface area contributed by atoms with Gasteiger partial charge in [0.15, 0.2) is 0 Å². The number of nitrogens with zero attached hydrogens (tertiary/aromatic N) is 1. The summed E-state index contributed by atoms with van der Waals surface area (Å²) in [7, 11) is 0. The molecule has 1 heterocycles. The molecule has 1 rings (SSSR count). The van der Waals surface area contributed by atoms with Crippen LogP contribution < -0.4 is 5.32 Å². The fraction of sp³-hybridized carbons (Fsp3) is 1.00. The smallest absolute Gasteiger partial charge is 0.0197 e. The van der Waals surface area contributed by atoms with Crippen molar-refractivity contribution in [3.05, 3.63) is 0 Å². The molecule has 1 fully saturated rings. The monoisotopic (exact) mass is 240 g/mol. The molecule has 2 heteroatoms. The first kappa shape index (κ1) is 15.0. The maximum Gasteiger partial charge on any atom is 0.0197 e. The summed E-state index contributed by atoms with van der Waals surface area (Å²) in [5.41, 5.74) is 0. The van der Waals surface area contributed by atoms with Crippen molar-refractivity contribution in [2.45, 2.75) is 59.4 Å². The van der Waals surface area contributed by atoms with Gasteiger partial charge in [-0.25, -0.2) is 0 Å². The summed E-state index contributed by atoms with van der Waals surface area (Å²) in [4.78, 5) is 2.63. The van der Waals surface area contributed by atoms with Crippen LogP contribution in [0.25, 0.3) is 0 Å². The van der Waals surface area contributed by atoms with Gasteiger partial charge in [0.25, 0.3) is 0 Å². The van der Waals surface area contributed by atoms with Crippen molar-refractivity contribution < 1.29 is 0 Å². The molecule has 1 aliphatic heterocycles. The number of nitrogens with one attached hydrogen (secondary N) is 1. The van der Waals surface area contributed by atoms with E-state index in [1.807, 2.05) is 0 Å². The molecule has 0 radical (unpaired) electrons. The van der Waals surface area contributed by atoms with Crippen molar-refractivity contribution in [2.24, 2.45) is 11.8 Å². The summed E-state index contributed by atoms with van der Waals surface area (Å²) in [5.74, 6) is 1.80. The van der Waals surface area contributed by atoms with Gasteiger partial charge in [-0.15, -0.1) is 0 Å². The Hall–Kier alpha value is -0.0800. The molecule has 102 valence electrons. The van der Waals surface area contributed by atoms with Crippen molar-refractivity contribution in [3.63, 3.8) is 0 Å². The van der Waals surface area contributed by atoms with E-state index in [4.69, 9.17) is 0 Å². The largest absolute Gasteiger partial charge is 0.313 e. The van der Waals surface area contributed by atoms with Crippen molar-refractivity contribution in [1.29, 1.82) is 0 Å². The zero-order valence-corrected chi connectivity index (χ0v) is 12.3. The van der Waals surface area contributed by atoms with E-state index in [2.05, 4.69) is 37.9 Å². The van der Waals surface area contributed by atoms with Gasteiger partial charge in [0, 0.05) is 19.1 Å². The molecule has 1 saturated heterocycles. The molecule has 0 aliphatic carbocycles. The molecule has 0 saturated carbocycles. The first-order chi connectivity index (χ1) is 8.19. The van der Waals surface area contributed by atoms with Gasteiger partial charge in [0.05, 0.1) is 0 Å². The third kappa shape index (κ3) is 5.39. The van der Waals surface area contributed by atoms with E-state index < -0.39 is 0 Å². The molecule has 3 atom stereocenters. The van der Waals surface area contributed by atoms with E-state index in [0.717, 1.165) is 17.9 Å². The Morgan fingerprint density at radius 3 is 2.65 bits per heavy atom. The zero-order chi connectivity index (χ0) is 12.7. The molecule has 2 nitrogen and oxygen atoms in total. The zero-order valence-electron chi connectivity index (χ0n) is 12.3. The van der Waals surface area contributed by atoms with Crippen LogP contribution >= 0.6 is 0 Å². The van der Waals surface area contributed by atoms with Crippen LogP contribution in [0.1, 0.15) is 53.4 Å². The van der Waals surface area contributed by atoms with Crippen LogP contribution in [-0.2, 0) is 0 Å². The van der Waals surface area contributed by atoms with Gasteiger partial charge < -0.3 is 10.2 Å². The van der Waals surface area contributed by atoms with Gasteiger partial charge >= 0.3 is 0 Å². The number of hydrogen-bond acceptors (Lipinski definition) is 2. The van der Waals surface area contributed by atoms with E-state index in [1.54, 1.807) is 0 Å². The molecule has 0 aromatic heterocycles. The van der Waals surface area contributed by atoms with Crippen molar-refractivity contribution in [1.82, 2.24) is 10.2 Å². The first-order valence-electron chi connectivity index (χ1n) is 7.65. The lowest BCUT2D eigenvalue weighted by molar-refractivity contribution is 0.186. The summed E-state index contributed by atoms with van der Waals surface area (Å²) in [6.07, 6.45) is 5.42. The van der Waals surface area contributed by atoms with Gasteiger partial charge in [-0.1, -0.05) is 40.5 Å². The lowest BCUT2D eigenvalue weighted by Crippen LogP contribution is -2.46. The lowest BCUT2D eigenvalue weighted by Gasteiger charge is -2.34. The van der Waals surface area contributed by atoms with Crippen LogP contribution in [0.5, 0.6) is 0 Å². The molecule has 0 bridgehead atoms. The molecule has 0 spiro atoms. The second-order valence-corrected chi connectivity index (χ2v) is 5.82. The van der Waals surface area contributed by atoms with E-state index in [0.29, 0.717) is 0 Å². The molecule has 0 aromatic rings. The van der Waals surface area contributed by atoms with Gasteiger partial charge in [-0.2, -0.15) is 0 Å². The predicted molar refractivity (Wildman–Crippen MR) is 76.4 cm³/mol. The lowest BCUT2D eigenvalue weighted by atomic mass is 9.90. The molecule has 17 heavy (non-hydrogen) atoms. The van der Waals surface area contributed by atoms with Crippen LogP contribution in [0.2, 0.25) is 0 Å². The van der Waals surface area contributed by atoms with E-state index in [1.165, 1.54) is 51.9 Å². The van der Waals surface area contributed by atoms with Crippen molar-refractivity contribution in [2.75, 3.05) is 26.2 Å².